The first-order chi connectivity index (χ1) is 71.6. The third-order valence-corrected chi connectivity index (χ3v) is 31.5. The monoisotopic (exact) mass is 1920 g/mol. The molecule has 0 saturated heterocycles. The van der Waals surface area contributed by atoms with Crippen LogP contribution in [0, 0.1) is 34.6 Å². The Morgan fingerprint density at radius 1 is 0.188 bits per heavy atom. The van der Waals surface area contributed by atoms with Gasteiger partial charge in [-0.2, -0.15) is 0 Å². The highest BCUT2D eigenvalue weighted by Gasteiger charge is 2.56. The lowest BCUT2D eigenvalue weighted by molar-refractivity contribution is 0.665. The molecule has 8 heteroatoms. The van der Waals surface area contributed by atoms with E-state index in [1.165, 1.54) is 127 Å². The number of aryl methyl sites for hydroxylation is 5. The Morgan fingerprint density at radius 3 is 0.913 bits per heavy atom. The minimum atomic E-state index is -0.885. The largest absolute Gasteiger partial charge is 0.454 e. The molecule has 0 amide bonds. The number of anilines is 15. The van der Waals surface area contributed by atoms with Gasteiger partial charge in [0.25, 0.3) is 0 Å². The minimum absolute atomic E-state index is 0. The first kappa shape index (κ1) is 91.7. The molecule has 26 aromatic rings. The third-order valence-electron chi connectivity index (χ3n) is 31.5. The second kappa shape index (κ2) is 35.5. The van der Waals surface area contributed by atoms with E-state index in [4.69, 9.17) is 13.3 Å². The molecular weight excluding hydrogens is 1810 g/mol. The van der Waals surface area contributed by atoms with Crippen LogP contribution in [0.15, 0.2) is 486 Å². The molecule has 0 bridgehead atoms. The highest BCUT2D eigenvalue weighted by molar-refractivity contribution is 6.24. The molecule has 4 aliphatic rings. The molecule has 0 fully saturated rings. The van der Waals surface area contributed by atoms with Crippen LogP contribution in [0.1, 0.15) is 102 Å². The van der Waals surface area contributed by atoms with E-state index >= 15 is 0 Å². The Balaban J connectivity index is 0.000000158. The Bertz CT molecular complexity index is 9540. The Hall–Kier alpha value is -18.5. The average Bonchev–Trinajstić information content (AvgIpc) is 1.51. The van der Waals surface area contributed by atoms with Crippen molar-refractivity contribution in [3.8, 4) is 22.3 Å². The number of rotatable bonds is 11. The maximum absolute atomic E-state index is 7.13. The SMILES string of the molecule is C.C.C.C.Cc1ccc(N(c2cc3c(c4ccccc24)-c2c(cc(N(c4ccc(C)cc4)c4cccc5c4oc4c(C)cccc45)c4ccccc24)C32c3ccccc3N(c3ccccc3)c3ccccc32)c2cccc3c2oc2c(C)cccc23)cc1.Cc1ccccc1N(c1cc2c(c3ccccc13)-c1c(ccc3ccccc13)C21c2ccccc2N(c2ccccc2)c2ccccc21)c1cccc2c1oc1ccccc12. The zero-order chi connectivity index (χ0) is 96.2. The standard InChI is InChI=1S/C79H55N3O2.C58H38N2O.4CH4/c1-48-38-42-53(43-39-48)81(69-36-18-30-61-59-28-16-20-50(3)75(59)83-77(61)69)71-46-65-73(57-26-10-8-24-55(57)71)74-58-27-11-9-25-56(58)72(82(54-44-40-49(2)41-45-54)70-37-19-31-62-60-29-17-21-51(4)76(60)84-78(62)70)47-66(74)79(65)63-32-12-14-34-67(63)80(52-22-6-5-7-23-52)68-35-15-13-33-64(68)79;1-37-18-5-13-29-49(37)60(52-32-17-26-44-42-24-10-16-33-54(42)61-57(44)52)53-36-48-56(43-25-9-8-23-41(43)53)55-40-22-7-6-19-38(40)34-35-47(55)58(48)45-27-11-14-30-50(45)59(39-20-3-2-4-21-39)51-31-15-12-28-46(51)58;;;;/h5-47H,1-4H3;2-36H,1H3;4*1H4. The molecule has 0 atom stereocenters. The van der Waals surface area contributed by atoms with Crippen molar-refractivity contribution in [3.05, 3.63) is 546 Å². The van der Waals surface area contributed by atoms with Crippen LogP contribution in [0.4, 0.5) is 85.3 Å². The zero-order valence-electron chi connectivity index (χ0n) is 80.5. The van der Waals surface area contributed by atoms with E-state index in [9.17, 15) is 0 Å². The molecule has 0 unspecified atom stereocenters. The number of nitrogens with zero attached hydrogens (tertiary/aromatic N) is 5. The summed E-state index contributed by atoms with van der Waals surface area (Å²) in [5.74, 6) is 0. The van der Waals surface area contributed by atoms with Crippen molar-refractivity contribution < 1.29 is 13.3 Å². The van der Waals surface area contributed by atoms with Crippen molar-refractivity contribution in [2.45, 2.75) is 75.2 Å². The fourth-order valence-electron chi connectivity index (χ4n) is 25.4. The van der Waals surface area contributed by atoms with Gasteiger partial charge in [0.05, 0.1) is 67.7 Å². The number of hydrogen-bond donors (Lipinski definition) is 0. The van der Waals surface area contributed by atoms with Crippen LogP contribution >= 0.6 is 0 Å². The van der Waals surface area contributed by atoms with Crippen LogP contribution in [-0.4, -0.2) is 0 Å². The topological polar surface area (TPSA) is 55.6 Å². The van der Waals surface area contributed by atoms with Crippen LogP contribution in [0.3, 0.4) is 0 Å². The predicted octanol–water partition coefficient (Wildman–Crippen LogP) is 40.5. The van der Waals surface area contributed by atoms with E-state index in [0.29, 0.717) is 0 Å². The molecule has 0 saturated carbocycles. The molecule has 23 aromatic carbocycles. The average molecular weight is 1920 g/mol. The minimum Gasteiger partial charge on any atom is -0.454 e. The Kier molecular flexibility index (Phi) is 21.8. The summed E-state index contributed by atoms with van der Waals surface area (Å²) < 4.78 is 21.1. The van der Waals surface area contributed by atoms with E-state index in [0.717, 1.165) is 162 Å². The van der Waals surface area contributed by atoms with E-state index in [1.807, 2.05) is 0 Å². The van der Waals surface area contributed by atoms with Crippen LogP contribution in [-0.2, 0) is 10.8 Å². The summed E-state index contributed by atoms with van der Waals surface area (Å²) >= 11 is 0. The number of hydrogen-bond acceptors (Lipinski definition) is 8. The van der Waals surface area contributed by atoms with Gasteiger partial charge in [-0.05, 0) is 266 Å². The third kappa shape index (κ3) is 13.3. The van der Waals surface area contributed by atoms with Gasteiger partial charge in [-0.15, -0.1) is 0 Å². The molecule has 716 valence electrons. The summed E-state index contributed by atoms with van der Waals surface area (Å²) in [5, 5.41) is 16.1. The number of fused-ring (bicyclic) bond motifs is 35. The van der Waals surface area contributed by atoms with E-state index in [-0.39, 0.29) is 29.7 Å². The Labute approximate surface area is 868 Å². The van der Waals surface area contributed by atoms with Gasteiger partial charge in [0.15, 0.2) is 16.7 Å². The van der Waals surface area contributed by atoms with Gasteiger partial charge in [-0.25, -0.2) is 0 Å². The number of para-hydroxylation sites is 13. The summed E-state index contributed by atoms with van der Waals surface area (Å²) in [5.41, 5.74) is 40.6. The van der Waals surface area contributed by atoms with Crippen molar-refractivity contribution in [1.82, 2.24) is 0 Å². The van der Waals surface area contributed by atoms with Gasteiger partial charge in [-0.1, -0.05) is 393 Å². The van der Waals surface area contributed by atoms with Gasteiger partial charge in [0, 0.05) is 76.9 Å². The van der Waals surface area contributed by atoms with Gasteiger partial charge in [0.2, 0.25) is 0 Å². The maximum atomic E-state index is 7.13. The molecule has 8 nitrogen and oxygen atoms in total. The highest BCUT2D eigenvalue weighted by Crippen LogP contribution is 2.71. The lowest BCUT2D eigenvalue weighted by atomic mass is 9.64. The van der Waals surface area contributed by atoms with Crippen LogP contribution < -0.4 is 24.5 Å². The van der Waals surface area contributed by atoms with Crippen LogP contribution in [0.2, 0.25) is 0 Å². The van der Waals surface area contributed by atoms with Crippen molar-refractivity contribution >= 4 is 194 Å². The fraction of sp³-hybridized carbons (Fsp3) is 0.0780. The lowest BCUT2D eigenvalue weighted by Gasteiger charge is -2.45. The molecule has 2 spiro atoms. The van der Waals surface area contributed by atoms with Crippen molar-refractivity contribution in [2.24, 2.45) is 0 Å². The van der Waals surface area contributed by atoms with Crippen molar-refractivity contribution in [3.63, 3.8) is 0 Å². The van der Waals surface area contributed by atoms with Crippen LogP contribution in [0.25, 0.3) is 131 Å². The molecule has 0 N–H and O–H groups in total. The summed E-state index contributed by atoms with van der Waals surface area (Å²) in [4.78, 5) is 12.3. The van der Waals surface area contributed by atoms with Gasteiger partial charge in [-0.3, -0.25) is 0 Å². The molecule has 2 aliphatic heterocycles. The smallest absolute Gasteiger partial charge is 0.159 e. The summed E-state index contributed by atoms with van der Waals surface area (Å²) in [6.07, 6.45) is 0. The van der Waals surface area contributed by atoms with Gasteiger partial charge in [0.1, 0.15) is 16.7 Å². The molecule has 149 heavy (non-hydrogen) atoms. The van der Waals surface area contributed by atoms with E-state index in [2.05, 4.69) is 532 Å². The quantitative estimate of drug-likeness (QED) is 0.127. The molecule has 3 aromatic heterocycles. The molecule has 5 heterocycles. The van der Waals surface area contributed by atoms with Crippen molar-refractivity contribution in [1.29, 1.82) is 0 Å². The lowest BCUT2D eigenvalue weighted by Crippen LogP contribution is -2.36. The maximum Gasteiger partial charge on any atom is 0.159 e. The number of benzene rings is 23. The normalized spacial score (nSPS) is 12.9. The van der Waals surface area contributed by atoms with Gasteiger partial charge < -0.3 is 37.8 Å². The molecule has 0 radical (unpaired) electrons. The first-order valence-corrected chi connectivity index (χ1v) is 50.2. The molecule has 30 rings (SSSR count). The highest BCUT2D eigenvalue weighted by atomic mass is 16.3. The molecular formula is C141H109N5O3. The van der Waals surface area contributed by atoms with Gasteiger partial charge >= 0.3 is 0 Å². The molecule has 2 aliphatic carbocycles. The van der Waals surface area contributed by atoms with E-state index in [1.54, 1.807) is 0 Å². The fourth-order valence-corrected chi connectivity index (χ4v) is 25.4. The van der Waals surface area contributed by atoms with Crippen molar-refractivity contribution in [2.75, 3.05) is 24.5 Å². The predicted molar refractivity (Wildman–Crippen MR) is 630 cm³/mol. The summed E-state index contributed by atoms with van der Waals surface area (Å²) in [7, 11) is 0. The second-order valence-electron chi connectivity index (χ2n) is 39.3. The first-order valence-electron chi connectivity index (χ1n) is 50.2. The van der Waals surface area contributed by atoms with E-state index < -0.39 is 10.8 Å². The summed E-state index contributed by atoms with van der Waals surface area (Å²) in [6, 6.07) is 175. The van der Waals surface area contributed by atoms with Crippen LogP contribution in [0.5, 0.6) is 0 Å². The number of furan rings is 3. The Morgan fingerprint density at radius 2 is 0.483 bits per heavy atom. The zero-order valence-corrected chi connectivity index (χ0v) is 80.5. The summed E-state index contributed by atoms with van der Waals surface area (Å²) in [6.45, 7) is 10.8. The second-order valence-corrected chi connectivity index (χ2v) is 39.3.